The van der Waals surface area contributed by atoms with E-state index in [9.17, 15) is 22.0 Å². The predicted octanol–water partition coefficient (Wildman–Crippen LogP) is 0.426. The highest BCUT2D eigenvalue weighted by Gasteiger charge is 2.45. The van der Waals surface area contributed by atoms with Crippen molar-refractivity contribution >= 4 is 0 Å². The lowest BCUT2D eigenvalue weighted by molar-refractivity contribution is -0.446. The van der Waals surface area contributed by atoms with Crippen molar-refractivity contribution in [3.05, 3.63) is 0 Å². The molecule has 0 aromatic heterocycles. The highest BCUT2D eigenvalue weighted by molar-refractivity contribution is 4.53. The van der Waals surface area contributed by atoms with Gasteiger partial charge in [-0.2, -0.15) is 13.2 Å². The standard InChI is InChI=1S/C3H3F5O3/c4-2(5,6)1(9)11-3(7,8)10/h1,9-10H. The Hall–Kier alpha value is -0.470. The topological polar surface area (TPSA) is 49.7 Å². The van der Waals surface area contributed by atoms with Gasteiger partial charge in [0.2, 0.25) is 0 Å². The van der Waals surface area contributed by atoms with Gasteiger partial charge in [0, 0.05) is 0 Å². The van der Waals surface area contributed by atoms with Gasteiger partial charge in [-0.25, -0.2) is 0 Å². The maximum Gasteiger partial charge on any atom is 0.485 e. The van der Waals surface area contributed by atoms with Gasteiger partial charge in [0.1, 0.15) is 0 Å². The Morgan fingerprint density at radius 1 is 1.09 bits per heavy atom. The van der Waals surface area contributed by atoms with Gasteiger partial charge in [-0.1, -0.05) is 0 Å². The van der Waals surface area contributed by atoms with E-state index in [4.69, 9.17) is 10.2 Å². The molecule has 0 fully saturated rings. The average Bonchev–Trinajstić information content (AvgIpc) is 1.56. The lowest BCUT2D eigenvalue weighted by Crippen LogP contribution is -2.37. The monoisotopic (exact) mass is 182 g/mol. The number of halogens is 5. The SMILES string of the molecule is OC(OC(O)(F)F)C(F)(F)F. The first-order valence-corrected chi connectivity index (χ1v) is 2.16. The molecule has 0 aromatic carbocycles. The first kappa shape index (κ1) is 10.5. The molecule has 0 spiro atoms. The van der Waals surface area contributed by atoms with Crippen molar-refractivity contribution in [3.8, 4) is 0 Å². The third-order valence-corrected chi connectivity index (χ3v) is 0.533. The molecule has 0 amide bonds. The average molecular weight is 182 g/mol. The molecular weight excluding hydrogens is 179 g/mol. The maximum atomic E-state index is 11.2. The maximum absolute atomic E-state index is 11.2. The van der Waals surface area contributed by atoms with E-state index in [-0.39, 0.29) is 0 Å². The van der Waals surface area contributed by atoms with E-state index in [1.165, 1.54) is 0 Å². The van der Waals surface area contributed by atoms with Crippen molar-refractivity contribution < 1.29 is 36.9 Å². The molecule has 0 aromatic rings. The van der Waals surface area contributed by atoms with Crippen LogP contribution in [-0.2, 0) is 4.74 Å². The van der Waals surface area contributed by atoms with Crippen LogP contribution in [0.5, 0.6) is 0 Å². The zero-order valence-corrected chi connectivity index (χ0v) is 4.77. The minimum Gasteiger partial charge on any atom is -0.361 e. The molecule has 2 N–H and O–H groups in total. The fourth-order valence-corrected chi connectivity index (χ4v) is 0.201. The van der Waals surface area contributed by atoms with E-state index in [2.05, 4.69) is 4.74 Å². The summed E-state index contributed by atoms with van der Waals surface area (Å²) >= 11 is 0. The zero-order valence-electron chi connectivity index (χ0n) is 4.77. The smallest absolute Gasteiger partial charge is 0.361 e. The number of hydrogen-bond donors (Lipinski definition) is 2. The summed E-state index contributed by atoms with van der Waals surface area (Å²) in [6, 6.07) is 0. The lowest BCUT2D eigenvalue weighted by atomic mass is 10.6. The summed E-state index contributed by atoms with van der Waals surface area (Å²) in [7, 11) is 0. The van der Waals surface area contributed by atoms with Gasteiger partial charge < -0.3 is 10.2 Å². The molecule has 0 saturated heterocycles. The number of alkyl halides is 5. The number of rotatable bonds is 2. The Bertz CT molecular complexity index is 126. The second-order valence-corrected chi connectivity index (χ2v) is 1.50. The Labute approximate surface area is 57.0 Å². The number of aliphatic hydroxyl groups excluding tert-OH is 1. The van der Waals surface area contributed by atoms with Gasteiger partial charge in [0.15, 0.2) is 0 Å². The van der Waals surface area contributed by atoms with Crippen LogP contribution in [0.3, 0.4) is 0 Å². The van der Waals surface area contributed by atoms with Gasteiger partial charge in [0.05, 0.1) is 0 Å². The second-order valence-electron chi connectivity index (χ2n) is 1.50. The van der Waals surface area contributed by atoms with E-state index in [1.807, 2.05) is 0 Å². The number of ether oxygens (including phenoxy) is 1. The molecule has 0 bridgehead atoms. The molecule has 1 unspecified atom stereocenters. The van der Waals surface area contributed by atoms with Crippen LogP contribution in [0.2, 0.25) is 0 Å². The van der Waals surface area contributed by atoms with Gasteiger partial charge >= 0.3 is 12.5 Å². The van der Waals surface area contributed by atoms with Crippen LogP contribution < -0.4 is 0 Å². The van der Waals surface area contributed by atoms with Gasteiger partial charge in [-0.3, -0.25) is 4.74 Å². The molecule has 0 aliphatic heterocycles. The first-order valence-electron chi connectivity index (χ1n) is 2.16. The summed E-state index contributed by atoms with van der Waals surface area (Å²) in [5.74, 6) is 0. The summed E-state index contributed by atoms with van der Waals surface area (Å²) in [6.45, 7) is 0. The minimum absolute atomic E-state index is 2.45. The highest BCUT2D eigenvalue weighted by atomic mass is 19.4. The third kappa shape index (κ3) is 4.87. The Morgan fingerprint density at radius 2 is 1.45 bits per heavy atom. The van der Waals surface area contributed by atoms with Crippen LogP contribution in [0.1, 0.15) is 0 Å². The molecule has 8 heteroatoms. The van der Waals surface area contributed by atoms with Crippen molar-refractivity contribution in [1.29, 1.82) is 0 Å². The Balaban J connectivity index is 3.99. The molecule has 0 radical (unpaired) electrons. The van der Waals surface area contributed by atoms with Gasteiger partial charge in [-0.15, -0.1) is 8.78 Å². The largest absolute Gasteiger partial charge is 0.485 e. The highest BCUT2D eigenvalue weighted by Crippen LogP contribution is 2.25. The molecule has 3 nitrogen and oxygen atoms in total. The second kappa shape index (κ2) is 2.88. The Kier molecular flexibility index (Phi) is 2.75. The van der Waals surface area contributed by atoms with Crippen LogP contribution in [-0.4, -0.2) is 29.0 Å². The van der Waals surface area contributed by atoms with Crippen LogP contribution in [0.4, 0.5) is 22.0 Å². The van der Waals surface area contributed by atoms with Crippen molar-refractivity contribution in [1.82, 2.24) is 0 Å². The van der Waals surface area contributed by atoms with Crippen LogP contribution in [0, 0.1) is 0 Å². The minimum atomic E-state index is -5.34. The molecule has 1 atom stereocenters. The summed E-state index contributed by atoms with van der Waals surface area (Å²) < 4.78 is 58.3. The normalized spacial score (nSPS) is 16.6. The van der Waals surface area contributed by atoms with Crippen molar-refractivity contribution in [3.63, 3.8) is 0 Å². The van der Waals surface area contributed by atoms with Gasteiger partial charge in [-0.05, 0) is 0 Å². The van der Waals surface area contributed by atoms with Gasteiger partial charge in [0.25, 0.3) is 6.29 Å². The first-order chi connectivity index (χ1) is 4.63. The predicted molar refractivity (Wildman–Crippen MR) is 20.3 cm³/mol. The fraction of sp³-hybridized carbons (Fsp3) is 1.00. The molecule has 0 rings (SSSR count). The van der Waals surface area contributed by atoms with E-state index >= 15 is 0 Å². The molecule has 68 valence electrons. The van der Waals surface area contributed by atoms with Crippen molar-refractivity contribution in [2.24, 2.45) is 0 Å². The molecule has 0 aliphatic carbocycles. The molecule has 0 heterocycles. The Morgan fingerprint density at radius 3 is 1.55 bits per heavy atom. The molecule has 11 heavy (non-hydrogen) atoms. The summed E-state index contributed by atoms with van der Waals surface area (Å²) in [5, 5.41) is 15.1. The van der Waals surface area contributed by atoms with Crippen molar-refractivity contribution in [2.45, 2.75) is 18.8 Å². The summed E-state index contributed by atoms with van der Waals surface area (Å²) in [4.78, 5) is 0. The molecule has 0 saturated carbocycles. The van der Waals surface area contributed by atoms with Crippen molar-refractivity contribution in [2.75, 3.05) is 0 Å². The lowest BCUT2D eigenvalue weighted by Gasteiger charge is -2.17. The zero-order chi connectivity index (χ0) is 9.28. The number of hydrogen-bond acceptors (Lipinski definition) is 3. The third-order valence-electron chi connectivity index (χ3n) is 0.533. The van der Waals surface area contributed by atoms with Crippen LogP contribution in [0.25, 0.3) is 0 Å². The number of aliphatic hydroxyl groups is 2. The van der Waals surface area contributed by atoms with Crippen LogP contribution >= 0.6 is 0 Å². The van der Waals surface area contributed by atoms with E-state index < -0.39 is 18.8 Å². The quantitative estimate of drug-likeness (QED) is 0.480. The van der Waals surface area contributed by atoms with E-state index in [0.717, 1.165) is 0 Å². The van der Waals surface area contributed by atoms with E-state index in [1.54, 1.807) is 0 Å². The fourth-order valence-electron chi connectivity index (χ4n) is 0.201. The molecule has 0 aliphatic rings. The summed E-state index contributed by atoms with van der Waals surface area (Å²) in [5.41, 5.74) is 0. The summed E-state index contributed by atoms with van der Waals surface area (Å²) in [6.07, 6.45) is -14.0. The van der Waals surface area contributed by atoms with Crippen LogP contribution in [0.15, 0.2) is 0 Å². The van der Waals surface area contributed by atoms with E-state index in [0.29, 0.717) is 0 Å². The molecular formula is C3H3F5O3.